The highest BCUT2D eigenvalue weighted by molar-refractivity contribution is 5.79. The first kappa shape index (κ1) is 18.1. The zero-order valence-corrected chi connectivity index (χ0v) is 14.5. The molecule has 0 atom stereocenters. The monoisotopic (exact) mass is 333 g/mol. The third-order valence-corrected chi connectivity index (χ3v) is 3.53. The Labute approximate surface area is 143 Å². The fraction of sp³-hybridized carbons (Fsp3) is 0.529. The summed E-state index contributed by atoms with van der Waals surface area (Å²) >= 11 is 0. The van der Waals surface area contributed by atoms with E-state index in [9.17, 15) is 0 Å². The number of guanidine groups is 1. The molecule has 24 heavy (non-hydrogen) atoms. The number of hydrogen-bond donors (Lipinski definition) is 2. The number of nitrogens with one attached hydrogen (secondary N) is 2. The van der Waals surface area contributed by atoms with Gasteiger partial charge in [0.05, 0.1) is 18.5 Å². The summed E-state index contributed by atoms with van der Waals surface area (Å²) in [6.07, 6.45) is 5.24. The molecule has 132 valence electrons. The van der Waals surface area contributed by atoms with Crippen molar-refractivity contribution in [3.63, 3.8) is 0 Å². The molecule has 0 aliphatic carbocycles. The molecule has 0 aliphatic rings. The van der Waals surface area contributed by atoms with Crippen LogP contribution in [0.2, 0.25) is 0 Å². The number of ether oxygens (including phenoxy) is 1. The minimum absolute atomic E-state index is 0.581. The Morgan fingerprint density at radius 3 is 2.92 bits per heavy atom. The lowest BCUT2D eigenvalue weighted by molar-refractivity contribution is 0.145. The fourth-order valence-electron chi connectivity index (χ4n) is 2.18. The molecule has 7 nitrogen and oxygen atoms in total. The largest absolute Gasteiger partial charge is 0.469 e. The minimum Gasteiger partial charge on any atom is -0.469 e. The van der Waals surface area contributed by atoms with Crippen molar-refractivity contribution in [2.45, 2.75) is 26.3 Å². The summed E-state index contributed by atoms with van der Waals surface area (Å²) in [5, 5.41) is 10.8. The molecule has 0 radical (unpaired) electrons. The predicted octanol–water partition coefficient (Wildman–Crippen LogP) is 1.72. The Balaban J connectivity index is 1.81. The Bertz CT molecular complexity index is 592. The Kier molecular flexibility index (Phi) is 7.89. The molecule has 2 heterocycles. The van der Waals surface area contributed by atoms with Gasteiger partial charge in [-0.2, -0.15) is 5.10 Å². The van der Waals surface area contributed by atoms with Crippen molar-refractivity contribution in [2.24, 2.45) is 12.0 Å². The molecular weight excluding hydrogens is 306 g/mol. The van der Waals surface area contributed by atoms with Gasteiger partial charge in [-0.05, 0) is 31.5 Å². The quantitative estimate of drug-likeness (QED) is 0.393. The van der Waals surface area contributed by atoms with Crippen LogP contribution < -0.4 is 10.6 Å². The van der Waals surface area contributed by atoms with E-state index >= 15 is 0 Å². The summed E-state index contributed by atoms with van der Waals surface area (Å²) in [7, 11) is 1.92. The van der Waals surface area contributed by atoms with Crippen LogP contribution in [-0.2, 0) is 24.8 Å². The summed E-state index contributed by atoms with van der Waals surface area (Å²) in [5.41, 5.74) is 1.07. The van der Waals surface area contributed by atoms with Crippen molar-refractivity contribution in [3.8, 4) is 0 Å². The highest BCUT2D eigenvalue weighted by Crippen LogP contribution is 2.00. The molecule has 0 fully saturated rings. The summed E-state index contributed by atoms with van der Waals surface area (Å²) in [6, 6.07) is 5.85. The average molecular weight is 333 g/mol. The molecule has 7 heteroatoms. The van der Waals surface area contributed by atoms with Crippen LogP contribution in [0.5, 0.6) is 0 Å². The van der Waals surface area contributed by atoms with Gasteiger partial charge >= 0.3 is 0 Å². The summed E-state index contributed by atoms with van der Waals surface area (Å²) < 4.78 is 12.5. The second-order valence-corrected chi connectivity index (χ2v) is 5.34. The number of aromatic nitrogens is 2. The third-order valence-electron chi connectivity index (χ3n) is 3.53. The van der Waals surface area contributed by atoms with Crippen LogP contribution in [0.1, 0.15) is 24.8 Å². The maximum absolute atomic E-state index is 5.36. The van der Waals surface area contributed by atoms with E-state index in [1.807, 2.05) is 36.9 Å². The highest BCUT2D eigenvalue weighted by atomic mass is 16.5. The van der Waals surface area contributed by atoms with E-state index in [0.717, 1.165) is 56.6 Å². The van der Waals surface area contributed by atoms with Crippen molar-refractivity contribution in [1.29, 1.82) is 0 Å². The van der Waals surface area contributed by atoms with Gasteiger partial charge in [0.2, 0.25) is 0 Å². The molecule has 2 aromatic rings. The molecule has 0 amide bonds. The van der Waals surface area contributed by atoms with E-state index in [1.54, 1.807) is 12.5 Å². The van der Waals surface area contributed by atoms with Gasteiger partial charge in [-0.25, -0.2) is 4.99 Å². The van der Waals surface area contributed by atoms with Crippen molar-refractivity contribution in [2.75, 3.05) is 26.3 Å². The topological polar surface area (TPSA) is 76.6 Å². The standard InChI is InChI=1S/C17H27N5O2/c1-3-23-12-5-9-18-17(19-10-8-16-6-4-13-24-16)20-14-15-7-11-21-22(15)2/h4,6-7,11,13H,3,5,8-10,12,14H2,1-2H3,(H2,18,19,20). The van der Waals surface area contributed by atoms with E-state index in [2.05, 4.69) is 20.7 Å². The molecular formula is C17H27N5O2. The van der Waals surface area contributed by atoms with Crippen LogP contribution in [0.15, 0.2) is 40.1 Å². The number of nitrogens with zero attached hydrogens (tertiary/aromatic N) is 3. The molecule has 0 saturated heterocycles. The molecule has 0 aromatic carbocycles. The maximum atomic E-state index is 5.36. The van der Waals surface area contributed by atoms with E-state index < -0.39 is 0 Å². The highest BCUT2D eigenvalue weighted by Gasteiger charge is 2.02. The van der Waals surface area contributed by atoms with Crippen LogP contribution >= 0.6 is 0 Å². The maximum Gasteiger partial charge on any atom is 0.191 e. The van der Waals surface area contributed by atoms with E-state index in [0.29, 0.717) is 6.54 Å². The second-order valence-electron chi connectivity index (χ2n) is 5.34. The van der Waals surface area contributed by atoms with Gasteiger partial charge in [0, 0.05) is 46.0 Å². The summed E-state index contributed by atoms with van der Waals surface area (Å²) in [6.45, 7) is 5.67. The van der Waals surface area contributed by atoms with Crippen LogP contribution in [0.3, 0.4) is 0 Å². The minimum atomic E-state index is 0.581. The first-order valence-corrected chi connectivity index (χ1v) is 8.38. The zero-order valence-electron chi connectivity index (χ0n) is 14.5. The zero-order chi connectivity index (χ0) is 17.0. The van der Waals surface area contributed by atoms with Crippen molar-refractivity contribution >= 4 is 5.96 Å². The lowest BCUT2D eigenvalue weighted by Crippen LogP contribution is -2.39. The molecule has 0 saturated carbocycles. The van der Waals surface area contributed by atoms with E-state index in [-0.39, 0.29) is 0 Å². The molecule has 0 unspecified atom stereocenters. The van der Waals surface area contributed by atoms with Crippen LogP contribution in [-0.4, -0.2) is 42.0 Å². The van der Waals surface area contributed by atoms with Gasteiger partial charge in [0.15, 0.2) is 5.96 Å². The number of furan rings is 1. The van der Waals surface area contributed by atoms with Gasteiger partial charge in [-0.1, -0.05) is 0 Å². The van der Waals surface area contributed by atoms with Crippen molar-refractivity contribution in [1.82, 2.24) is 20.4 Å². The van der Waals surface area contributed by atoms with Gasteiger partial charge < -0.3 is 19.8 Å². The molecule has 0 spiro atoms. The first-order chi connectivity index (χ1) is 11.8. The Morgan fingerprint density at radius 2 is 2.21 bits per heavy atom. The number of rotatable bonds is 10. The van der Waals surface area contributed by atoms with Gasteiger partial charge in [0.25, 0.3) is 0 Å². The van der Waals surface area contributed by atoms with Crippen LogP contribution in [0.4, 0.5) is 0 Å². The molecule has 0 bridgehead atoms. The lowest BCUT2D eigenvalue weighted by Gasteiger charge is -2.12. The number of aryl methyl sites for hydroxylation is 1. The van der Waals surface area contributed by atoms with Crippen molar-refractivity contribution in [3.05, 3.63) is 42.1 Å². The molecule has 2 rings (SSSR count). The average Bonchev–Trinajstić information content (AvgIpc) is 3.23. The Hall–Kier alpha value is -2.28. The normalized spacial score (nSPS) is 11.7. The molecule has 2 N–H and O–H groups in total. The predicted molar refractivity (Wildman–Crippen MR) is 93.9 cm³/mol. The number of hydrogen-bond acceptors (Lipinski definition) is 4. The van der Waals surface area contributed by atoms with Crippen molar-refractivity contribution < 1.29 is 9.15 Å². The summed E-state index contributed by atoms with van der Waals surface area (Å²) in [5.74, 6) is 1.75. The SMILES string of the molecule is CCOCCCNC(=NCc1ccnn1C)NCCc1ccco1. The first-order valence-electron chi connectivity index (χ1n) is 8.38. The Morgan fingerprint density at radius 1 is 1.33 bits per heavy atom. The lowest BCUT2D eigenvalue weighted by atomic mass is 10.3. The third kappa shape index (κ3) is 6.45. The van der Waals surface area contributed by atoms with Gasteiger partial charge in [0.1, 0.15) is 5.76 Å². The van der Waals surface area contributed by atoms with Gasteiger partial charge in [-0.3, -0.25) is 4.68 Å². The smallest absolute Gasteiger partial charge is 0.191 e. The number of aliphatic imine (C=N–C) groups is 1. The molecule has 2 aromatic heterocycles. The van der Waals surface area contributed by atoms with Crippen LogP contribution in [0.25, 0.3) is 0 Å². The second kappa shape index (κ2) is 10.5. The van der Waals surface area contributed by atoms with E-state index in [4.69, 9.17) is 9.15 Å². The van der Waals surface area contributed by atoms with Crippen LogP contribution in [0, 0.1) is 0 Å². The summed E-state index contributed by atoms with van der Waals surface area (Å²) in [4.78, 5) is 4.63. The molecule has 0 aliphatic heterocycles. The van der Waals surface area contributed by atoms with E-state index in [1.165, 1.54) is 0 Å². The van der Waals surface area contributed by atoms with Gasteiger partial charge in [-0.15, -0.1) is 0 Å². The fourth-order valence-corrected chi connectivity index (χ4v) is 2.18.